The average molecular weight is 596 g/mol. The number of nitriles is 1. The molecular weight excluding hydrogens is 571 g/mol. The zero-order valence-corrected chi connectivity index (χ0v) is 25.3. The Morgan fingerprint density at radius 2 is 1.02 bits per heavy atom. The number of nitrogens with zero attached hydrogens (tertiary/aromatic N) is 1. The number of fused-ring (bicyclic) bond motifs is 8. The minimum atomic E-state index is 0.660. The van der Waals surface area contributed by atoms with E-state index in [0.717, 1.165) is 44.5 Å². The van der Waals surface area contributed by atoms with Crippen LogP contribution in [0.3, 0.4) is 0 Å². The summed E-state index contributed by atoms with van der Waals surface area (Å²) in [7, 11) is 0. The second-order valence-corrected chi connectivity index (χ2v) is 12.3. The molecule has 1 aliphatic heterocycles. The summed E-state index contributed by atoms with van der Waals surface area (Å²) in [5.41, 5.74) is 7.52. The van der Waals surface area contributed by atoms with Crippen LogP contribution in [0, 0.1) is 11.3 Å². The molecule has 0 unspecified atom stereocenters. The Kier molecular flexibility index (Phi) is 5.38. The predicted molar refractivity (Wildman–Crippen MR) is 195 cm³/mol. The van der Waals surface area contributed by atoms with Gasteiger partial charge in [0.05, 0.1) is 11.6 Å². The van der Waals surface area contributed by atoms with E-state index in [1.165, 1.54) is 54.2 Å². The minimum Gasteiger partial charge on any atom is -0.456 e. The molecule has 0 saturated carbocycles. The van der Waals surface area contributed by atoms with E-state index in [-0.39, 0.29) is 0 Å². The number of hydrogen-bond donors (Lipinski definition) is 0. The summed E-state index contributed by atoms with van der Waals surface area (Å²) < 4.78 is 6.53. The van der Waals surface area contributed by atoms with Gasteiger partial charge in [-0.15, -0.1) is 0 Å². The van der Waals surface area contributed by atoms with Gasteiger partial charge in [0, 0.05) is 16.3 Å². The Bertz CT molecular complexity index is 2840. The largest absolute Gasteiger partial charge is 0.456 e. The monoisotopic (exact) mass is 595 g/mol. The van der Waals surface area contributed by atoms with Gasteiger partial charge in [-0.25, -0.2) is 0 Å². The molecule has 0 aliphatic carbocycles. The van der Waals surface area contributed by atoms with Gasteiger partial charge in [-0.2, -0.15) is 5.26 Å². The van der Waals surface area contributed by atoms with Crippen molar-refractivity contribution in [2.75, 3.05) is 0 Å². The molecule has 0 spiro atoms. The van der Waals surface area contributed by atoms with E-state index in [4.69, 9.17) is 4.74 Å². The fraction of sp³-hybridized carbons (Fsp3) is 0. The lowest BCUT2D eigenvalue weighted by Crippen LogP contribution is -1.98. The normalized spacial score (nSPS) is 12.0. The van der Waals surface area contributed by atoms with Crippen molar-refractivity contribution >= 4 is 53.9 Å². The highest BCUT2D eigenvalue weighted by molar-refractivity contribution is 6.22. The Morgan fingerprint density at radius 3 is 1.85 bits per heavy atom. The van der Waals surface area contributed by atoms with Crippen LogP contribution in [-0.4, -0.2) is 0 Å². The molecule has 47 heavy (non-hydrogen) atoms. The average Bonchev–Trinajstić information content (AvgIpc) is 3.14. The van der Waals surface area contributed by atoms with Crippen LogP contribution in [0.25, 0.3) is 87.2 Å². The highest BCUT2D eigenvalue weighted by Gasteiger charge is 2.22. The molecule has 9 aromatic carbocycles. The summed E-state index contributed by atoms with van der Waals surface area (Å²) >= 11 is 0. The van der Waals surface area contributed by atoms with Crippen LogP contribution in [0.5, 0.6) is 11.5 Å². The third-order valence-electron chi connectivity index (χ3n) is 9.91. The molecule has 0 bridgehead atoms. The van der Waals surface area contributed by atoms with E-state index in [1.54, 1.807) is 0 Å². The van der Waals surface area contributed by atoms with Crippen LogP contribution >= 0.6 is 0 Å². The van der Waals surface area contributed by atoms with E-state index in [9.17, 15) is 5.26 Å². The van der Waals surface area contributed by atoms with Crippen LogP contribution in [0.2, 0.25) is 0 Å². The second-order valence-electron chi connectivity index (χ2n) is 12.3. The van der Waals surface area contributed by atoms with Gasteiger partial charge in [0.25, 0.3) is 0 Å². The van der Waals surface area contributed by atoms with Crippen molar-refractivity contribution in [2.45, 2.75) is 0 Å². The van der Waals surface area contributed by atoms with E-state index in [1.807, 2.05) is 30.3 Å². The lowest BCUT2D eigenvalue weighted by molar-refractivity contribution is 0.487. The van der Waals surface area contributed by atoms with Crippen molar-refractivity contribution in [3.8, 4) is 50.9 Å². The van der Waals surface area contributed by atoms with Crippen LogP contribution in [0.15, 0.2) is 152 Å². The first-order chi connectivity index (χ1) is 23.3. The van der Waals surface area contributed by atoms with E-state index >= 15 is 0 Å². The standard InChI is InChI=1S/C45H25NO/c46-26-29-18-21-40-39-20-17-28(24-44(39)47-43-15-7-14-32(29)45(40)43)31-22-23-38(34-11-4-3-10-33(31)34)42-25-41-30-9-2-1-8-27(30)16-19-37(41)35-12-5-6-13-36(35)42/h1-25H. The highest BCUT2D eigenvalue weighted by atomic mass is 16.5. The maximum Gasteiger partial charge on any atom is 0.135 e. The van der Waals surface area contributed by atoms with E-state index in [2.05, 4.69) is 127 Å². The molecule has 0 N–H and O–H groups in total. The third kappa shape index (κ3) is 3.72. The lowest BCUT2D eigenvalue weighted by Gasteiger charge is -2.22. The van der Waals surface area contributed by atoms with Crippen molar-refractivity contribution in [2.24, 2.45) is 0 Å². The van der Waals surface area contributed by atoms with Gasteiger partial charge in [-0.1, -0.05) is 121 Å². The molecule has 0 aromatic heterocycles. The van der Waals surface area contributed by atoms with Crippen LogP contribution in [0.1, 0.15) is 5.56 Å². The summed E-state index contributed by atoms with van der Waals surface area (Å²) in [6.45, 7) is 0. The summed E-state index contributed by atoms with van der Waals surface area (Å²) in [4.78, 5) is 0. The summed E-state index contributed by atoms with van der Waals surface area (Å²) in [5.74, 6) is 1.61. The van der Waals surface area contributed by atoms with Gasteiger partial charge >= 0.3 is 0 Å². The molecular formula is C45H25NO. The Hall–Kier alpha value is -6.43. The molecule has 0 amide bonds. The molecule has 10 rings (SSSR count). The van der Waals surface area contributed by atoms with Crippen LogP contribution in [0.4, 0.5) is 0 Å². The number of ether oxygens (including phenoxy) is 1. The Morgan fingerprint density at radius 1 is 0.383 bits per heavy atom. The van der Waals surface area contributed by atoms with Crippen molar-refractivity contribution in [1.82, 2.24) is 0 Å². The Labute approximate surface area is 271 Å². The molecule has 0 atom stereocenters. The van der Waals surface area contributed by atoms with E-state index in [0.29, 0.717) is 5.56 Å². The maximum absolute atomic E-state index is 9.69. The molecule has 9 aromatic rings. The quantitative estimate of drug-likeness (QED) is 0.186. The van der Waals surface area contributed by atoms with Crippen molar-refractivity contribution in [1.29, 1.82) is 5.26 Å². The molecule has 1 heterocycles. The smallest absolute Gasteiger partial charge is 0.135 e. The number of benzene rings is 9. The van der Waals surface area contributed by atoms with Crippen LogP contribution < -0.4 is 4.74 Å². The first kappa shape index (κ1) is 25.9. The molecule has 0 fully saturated rings. The summed E-state index contributed by atoms with van der Waals surface area (Å²) in [6.07, 6.45) is 0. The molecule has 1 aliphatic rings. The summed E-state index contributed by atoms with van der Waals surface area (Å²) in [6, 6.07) is 56.4. The van der Waals surface area contributed by atoms with Gasteiger partial charge in [0.2, 0.25) is 0 Å². The topological polar surface area (TPSA) is 33.0 Å². The van der Waals surface area contributed by atoms with Gasteiger partial charge < -0.3 is 4.74 Å². The van der Waals surface area contributed by atoms with Gasteiger partial charge in [0.1, 0.15) is 11.5 Å². The maximum atomic E-state index is 9.69. The van der Waals surface area contributed by atoms with Gasteiger partial charge in [0.15, 0.2) is 0 Å². The van der Waals surface area contributed by atoms with Gasteiger partial charge in [-0.05, 0) is 101 Å². The Balaban J connectivity index is 1.18. The molecule has 2 nitrogen and oxygen atoms in total. The third-order valence-corrected chi connectivity index (χ3v) is 9.91. The second kappa shape index (κ2) is 9.78. The van der Waals surface area contributed by atoms with E-state index < -0.39 is 0 Å². The first-order valence-corrected chi connectivity index (χ1v) is 15.9. The van der Waals surface area contributed by atoms with Crippen molar-refractivity contribution in [3.63, 3.8) is 0 Å². The summed E-state index contributed by atoms with van der Waals surface area (Å²) in [5, 5.41) is 21.6. The number of rotatable bonds is 2. The molecule has 216 valence electrons. The lowest BCUT2D eigenvalue weighted by atomic mass is 9.87. The predicted octanol–water partition coefficient (Wildman–Crippen LogP) is 12.4. The van der Waals surface area contributed by atoms with Crippen molar-refractivity contribution < 1.29 is 4.74 Å². The SMILES string of the molecule is N#Cc1ccc2c3c(cccc13)Oc1cc(-c3ccc(-c4cc5c6ccccc6ccc5c5ccccc45)c4ccccc34)ccc1-2. The molecule has 0 radical (unpaired) electrons. The first-order valence-electron chi connectivity index (χ1n) is 15.9. The van der Waals surface area contributed by atoms with Gasteiger partial charge in [-0.3, -0.25) is 0 Å². The fourth-order valence-electron chi connectivity index (χ4n) is 7.76. The van der Waals surface area contributed by atoms with Crippen molar-refractivity contribution in [3.05, 3.63) is 157 Å². The molecule has 0 saturated heterocycles. The minimum absolute atomic E-state index is 0.660. The van der Waals surface area contributed by atoms with Crippen LogP contribution in [-0.2, 0) is 0 Å². The number of hydrogen-bond acceptors (Lipinski definition) is 2. The zero-order valence-electron chi connectivity index (χ0n) is 25.3. The zero-order chi connectivity index (χ0) is 31.1. The highest BCUT2D eigenvalue weighted by Crippen LogP contribution is 2.49. The molecule has 2 heteroatoms. The fourth-order valence-corrected chi connectivity index (χ4v) is 7.76.